The lowest BCUT2D eigenvalue weighted by atomic mass is 10.0. The molecule has 3 heteroatoms. The molecule has 0 aliphatic carbocycles. The molecule has 0 aliphatic heterocycles. The van der Waals surface area contributed by atoms with Crippen LogP contribution in [0.2, 0.25) is 0 Å². The summed E-state index contributed by atoms with van der Waals surface area (Å²) < 4.78 is 7.75. The molecule has 1 heterocycles. The zero-order valence-electron chi connectivity index (χ0n) is 17.0. The lowest BCUT2D eigenvalue weighted by Gasteiger charge is -2.05. The van der Waals surface area contributed by atoms with E-state index in [1.807, 2.05) is 66.7 Å². The summed E-state index contributed by atoms with van der Waals surface area (Å²) in [4.78, 5) is 12.8. The van der Waals surface area contributed by atoms with Crippen LogP contribution < -0.4 is 4.74 Å². The Labute approximate surface area is 185 Å². The van der Waals surface area contributed by atoms with Crippen LogP contribution in [0.1, 0.15) is 15.9 Å². The van der Waals surface area contributed by atoms with Gasteiger partial charge in [-0.05, 0) is 59.2 Å². The minimum atomic E-state index is 0.00838. The largest absolute Gasteiger partial charge is 0.497 e. The van der Waals surface area contributed by atoms with E-state index in [0.29, 0.717) is 5.56 Å². The van der Waals surface area contributed by atoms with Crippen molar-refractivity contribution in [2.45, 2.75) is 0 Å². The number of ketones is 1. The van der Waals surface area contributed by atoms with Crippen LogP contribution in [-0.2, 0) is 0 Å². The molecule has 0 unspecified atom stereocenters. The van der Waals surface area contributed by atoms with Crippen molar-refractivity contribution in [3.8, 4) is 16.9 Å². The molecule has 0 aliphatic rings. The van der Waals surface area contributed by atoms with Gasteiger partial charge in [0.1, 0.15) is 5.75 Å². The van der Waals surface area contributed by atoms with Gasteiger partial charge in [0.15, 0.2) is 5.78 Å². The number of methoxy groups -OCH3 is 1. The zero-order valence-corrected chi connectivity index (χ0v) is 17.9. The zero-order chi connectivity index (χ0) is 21.2. The van der Waals surface area contributed by atoms with Crippen LogP contribution in [-0.4, -0.2) is 12.9 Å². The Morgan fingerprint density at radius 2 is 1.58 bits per heavy atom. The van der Waals surface area contributed by atoms with Gasteiger partial charge in [-0.1, -0.05) is 60.7 Å². The highest BCUT2D eigenvalue weighted by Crippen LogP contribution is 2.34. The molecular weight excluding hydrogens is 400 g/mol. The second kappa shape index (κ2) is 8.21. The highest BCUT2D eigenvalue weighted by atomic mass is 32.1. The summed E-state index contributed by atoms with van der Waals surface area (Å²) in [6.07, 6.45) is 3.52. The van der Waals surface area contributed by atoms with Crippen LogP contribution in [0.3, 0.4) is 0 Å². The van der Waals surface area contributed by atoms with Gasteiger partial charge in [0.05, 0.1) is 7.11 Å². The first-order valence-corrected chi connectivity index (χ1v) is 10.9. The van der Waals surface area contributed by atoms with E-state index in [0.717, 1.165) is 27.8 Å². The SMILES string of the molecule is COc1cccc(-c2ccc(/C=C/C(=O)c3ccc4sc5ccccc5c4c3)cc2)c1. The number of allylic oxidation sites excluding steroid dienone is 1. The van der Waals surface area contributed by atoms with Crippen LogP contribution in [0, 0.1) is 0 Å². The molecule has 0 saturated heterocycles. The van der Waals surface area contributed by atoms with Gasteiger partial charge >= 0.3 is 0 Å². The van der Waals surface area contributed by atoms with Crippen molar-refractivity contribution in [2.75, 3.05) is 7.11 Å². The third-order valence-electron chi connectivity index (χ3n) is 5.40. The van der Waals surface area contributed by atoms with Gasteiger partial charge < -0.3 is 4.74 Å². The quantitative estimate of drug-likeness (QED) is 0.216. The summed E-state index contributed by atoms with van der Waals surface area (Å²) in [7, 11) is 1.67. The molecule has 5 aromatic rings. The van der Waals surface area contributed by atoms with Crippen LogP contribution in [0.5, 0.6) is 5.75 Å². The fraction of sp³-hybridized carbons (Fsp3) is 0.0357. The fourth-order valence-electron chi connectivity index (χ4n) is 3.74. The standard InChI is InChI=1S/C28H20O2S/c1-30-23-6-4-5-21(17-23)20-12-9-19(10-13-20)11-15-26(29)22-14-16-28-25(18-22)24-7-2-3-8-27(24)31-28/h2-18H,1H3/b15-11+. The normalized spacial score (nSPS) is 11.4. The molecule has 0 atom stereocenters. The maximum atomic E-state index is 12.8. The minimum Gasteiger partial charge on any atom is -0.497 e. The molecule has 150 valence electrons. The first-order valence-electron chi connectivity index (χ1n) is 10.1. The van der Waals surface area contributed by atoms with Crippen LogP contribution in [0.4, 0.5) is 0 Å². The predicted molar refractivity (Wildman–Crippen MR) is 131 cm³/mol. The number of rotatable bonds is 5. The highest BCUT2D eigenvalue weighted by molar-refractivity contribution is 7.25. The number of hydrogen-bond donors (Lipinski definition) is 0. The van der Waals surface area contributed by atoms with Gasteiger partial charge in [0.25, 0.3) is 0 Å². The highest BCUT2D eigenvalue weighted by Gasteiger charge is 2.08. The third kappa shape index (κ3) is 3.88. The Kier molecular flexibility index (Phi) is 5.11. The molecule has 0 radical (unpaired) electrons. The predicted octanol–water partition coefficient (Wildman–Crippen LogP) is 7.63. The Morgan fingerprint density at radius 3 is 2.42 bits per heavy atom. The first kappa shape index (κ1) is 19.3. The summed E-state index contributed by atoms with van der Waals surface area (Å²) in [5.41, 5.74) is 3.90. The molecule has 0 amide bonds. The van der Waals surface area contributed by atoms with Gasteiger partial charge in [0.2, 0.25) is 0 Å². The van der Waals surface area contributed by atoms with E-state index in [4.69, 9.17) is 4.74 Å². The lowest BCUT2D eigenvalue weighted by molar-refractivity contribution is 0.104. The van der Waals surface area contributed by atoms with Crippen molar-refractivity contribution in [1.29, 1.82) is 0 Å². The van der Waals surface area contributed by atoms with E-state index in [1.165, 1.54) is 14.8 Å². The van der Waals surface area contributed by atoms with Crippen molar-refractivity contribution in [3.05, 3.63) is 108 Å². The maximum absolute atomic E-state index is 12.8. The summed E-state index contributed by atoms with van der Waals surface area (Å²) in [6, 6.07) is 30.4. The van der Waals surface area contributed by atoms with Crippen LogP contribution >= 0.6 is 11.3 Å². The van der Waals surface area contributed by atoms with E-state index < -0.39 is 0 Å². The number of ether oxygens (including phenoxy) is 1. The Balaban J connectivity index is 1.37. The summed E-state index contributed by atoms with van der Waals surface area (Å²) in [5.74, 6) is 0.844. The van der Waals surface area contributed by atoms with Crippen LogP contribution in [0.25, 0.3) is 37.4 Å². The van der Waals surface area contributed by atoms with Gasteiger partial charge in [-0.2, -0.15) is 0 Å². The summed E-state index contributed by atoms with van der Waals surface area (Å²) in [5, 5.41) is 2.34. The van der Waals surface area contributed by atoms with Crippen LogP contribution in [0.15, 0.2) is 97.1 Å². The van der Waals surface area contributed by atoms with Crippen molar-refractivity contribution in [1.82, 2.24) is 0 Å². The minimum absolute atomic E-state index is 0.00838. The summed E-state index contributed by atoms with van der Waals surface area (Å²) in [6.45, 7) is 0. The van der Waals surface area contributed by atoms with Gasteiger partial charge in [-0.15, -0.1) is 11.3 Å². The maximum Gasteiger partial charge on any atom is 0.185 e. The van der Waals surface area contributed by atoms with Crippen molar-refractivity contribution in [2.24, 2.45) is 0 Å². The number of hydrogen-bond acceptors (Lipinski definition) is 3. The number of carbonyl (C=O) groups excluding carboxylic acids is 1. The number of thiophene rings is 1. The molecule has 0 fully saturated rings. The molecule has 31 heavy (non-hydrogen) atoms. The molecule has 0 N–H and O–H groups in total. The smallest absolute Gasteiger partial charge is 0.185 e. The Hall–Kier alpha value is -3.69. The number of fused-ring (bicyclic) bond motifs is 3. The Morgan fingerprint density at radius 1 is 0.774 bits per heavy atom. The van der Waals surface area contributed by atoms with E-state index in [2.05, 4.69) is 30.3 Å². The molecule has 2 nitrogen and oxygen atoms in total. The average molecular weight is 421 g/mol. The fourth-order valence-corrected chi connectivity index (χ4v) is 4.82. The molecule has 5 rings (SSSR count). The van der Waals surface area contributed by atoms with E-state index in [-0.39, 0.29) is 5.78 Å². The van der Waals surface area contributed by atoms with E-state index >= 15 is 0 Å². The number of carbonyl (C=O) groups is 1. The monoisotopic (exact) mass is 420 g/mol. The van der Waals surface area contributed by atoms with E-state index in [1.54, 1.807) is 24.5 Å². The average Bonchev–Trinajstić information content (AvgIpc) is 3.21. The molecule has 1 aromatic heterocycles. The third-order valence-corrected chi connectivity index (χ3v) is 6.55. The Bertz CT molecular complexity index is 1420. The topological polar surface area (TPSA) is 26.3 Å². The van der Waals surface area contributed by atoms with Crippen molar-refractivity contribution < 1.29 is 9.53 Å². The van der Waals surface area contributed by atoms with Gasteiger partial charge in [-0.3, -0.25) is 4.79 Å². The van der Waals surface area contributed by atoms with Gasteiger partial charge in [0, 0.05) is 25.7 Å². The van der Waals surface area contributed by atoms with E-state index in [9.17, 15) is 4.79 Å². The molecule has 0 saturated carbocycles. The second-order valence-electron chi connectivity index (χ2n) is 7.36. The molecule has 4 aromatic carbocycles. The van der Waals surface area contributed by atoms with Gasteiger partial charge in [-0.25, -0.2) is 0 Å². The number of benzene rings is 4. The molecular formula is C28H20O2S. The summed E-state index contributed by atoms with van der Waals surface area (Å²) >= 11 is 1.76. The lowest BCUT2D eigenvalue weighted by Crippen LogP contribution is -1.93. The van der Waals surface area contributed by atoms with Crippen molar-refractivity contribution in [3.63, 3.8) is 0 Å². The second-order valence-corrected chi connectivity index (χ2v) is 8.44. The molecule has 0 bridgehead atoms. The first-order chi connectivity index (χ1) is 15.2. The molecule has 0 spiro atoms. The van der Waals surface area contributed by atoms with Crippen molar-refractivity contribution >= 4 is 43.4 Å².